The summed E-state index contributed by atoms with van der Waals surface area (Å²) in [5, 5.41) is 0. The van der Waals surface area contributed by atoms with Gasteiger partial charge in [-0.3, -0.25) is 0 Å². The maximum atomic E-state index is 14.2. The van der Waals surface area contributed by atoms with E-state index in [4.69, 9.17) is 4.74 Å². The SMILES string of the molecule is COC(=O)COc1ccc(C(C)(C)NS(=O)(=O)c2ccccc2)cc1F. The summed E-state index contributed by atoms with van der Waals surface area (Å²) in [5.74, 6) is -1.47. The number of rotatable bonds is 7. The normalized spacial score (nSPS) is 11.8. The zero-order valence-electron chi connectivity index (χ0n) is 14.7. The van der Waals surface area contributed by atoms with Gasteiger partial charge in [-0.2, -0.15) is 0 Å². The first kappa shape index (κ1) is 19.9. The highest BCUT2D eigenvalue weighted by Gasteiger charge is 2.28. The molecule has 1 N–H and O–H groups in total. The summed E-state index contributed by atoms with van der Waals surface area (Å²) < 4.78 is 51.3. The largest absolute Gasteiger partial charge is 0.479 e. The Morgan fingerprint density at radius 3 is 2.38 bits per heavy atom. The van der Waals surface area contributed by atoms with Crippen molar-refractivity contribution in [2.24, 2.45) is 0 Å². The molecule has 0 bridgehead atoms. The van der Waals surface area contributed by atoms with Gasteiger partial charge in [0.25, 0.3) is 0 Å². The number of esters is 1. The average Bonchev–Trinajstić information content (AvgIpc) is 2.60. The summed E-state index contributed by atoms with van der Waals surface area (Å²) in [7, 11) is -2.58. The third kappa shape index (κ3) is 4.80. The van der Waals surface area contributed by atoms with Crippen molar-refractivity contribution < 1.29 is 27.1 Å². The first-order chi connectivity index (χ1) is 12.2. The quantitative estimate of drug-likeness (QED) is 0.746. The second-order valence-electron chi connectivity index (χ2n) is 6.05. The van der Waals surface area contributed by atoms with E-state index in [0.717, 1.165) is 0 Å². The molecule has 0 aliphatic carbocycles. The van der Waals surface area contributed by atoms with Gasteiger partial charge >= 0.3 is 5.97 Å². The minimum atomic E-state index is -3.78. The van der Waals surface area contributed by atoms with E-state index in [9.17, 15) is 17.6 Å². The van der Waals surface area contributed by atoms with Gasteiger partial charge < -0.3 is 9.47 Å². The molecule has 2 aromatic rings. The van der Waals surface area contributed by atoms with Crippen molar-refractivity contribution in [3.63, 3.8) is 0 Å². The van der Waals surface area contributed by atoms with Gasteiger partial charge in [-0.25, -0.2) is 22.3 Å². The van der Waals surface area contributed by atoms with Gasteiger partial charge in [0, 0.05) is 0 Å². The van der Waals surface area contributed by atoms with E-state index >= 15 is 0 Å². The number of sulfonamides is 1. The number of benzene rings is 2. The zero-order valence-corrected chi connectivity index (χ0v) is 15.5. The van der Waals surface area contributed by atoms with Gasteiger partial charge in [-0.05, 0) is 43.7 Å². The number of methoxy groups -OCH3 is 1. The van der Waals surface area contributed by atoms with Crippen molar-refractivity contribution in [2.75, 3.05) is 13.7 Å². The lowest BCUT2D eigenvalue weighted by Crippen LogP contribution is -2.40. The van der Waals surface area contributed by atoms with E-state index in [1.54, 1.807) is 32.0 Å². The molecule has 6 nitrogen and oxygen atoms in total. The van der Waals surface area contributed by atoms with Crippen molar-refractivity contribution >= 4 is 16.0 Å². The highest BCUT2D eigenvalue weighted by atomic mass is 32.2. The molecule has 0 aliphatic rings. The van der Waals surface area contributed by atoms with E-state index in [1.807, 2.05) is 0 Å². The van der Waals surface area contributed by atoms with Gasteiger partial charge in [-0.15, -0.1) is 0 Å². The van der Waals surface area contributed by atoms with Crippen LogP contribution < -0.4 is 9.46 Å². The molecular weight excluding hydrogens is 361 g/mol. The van der Waals surface area contributed by atoms with Crippen LogP contribution in [0, 0.1) is 5.82 Å². The molecule has 26 heavy (non-hydrogen) atoms. The number of hydrogen-bond donors (Lipinski definition) is 1. The maximum absolute atomic E-state index is 14.2. The van der Waals surface area contributed by atoms with Gasteiger partial charge in [0.1, 0.15) is 0 Å². The lowest BCUT2D eigenvalue weighted by Gasteiger charge is -2.27. The van der Waals surface area contributed by atoms with Crippen molar-refractivity contribution in [2.45, 2.75) is 24.3 Å². The minimum absolute atomic E-state index is 0.117. The van der Waals surface area contributed by atoms with Crippen molar-refractivity contribution in [1.29, 1.82) is 0 Å². The Hall–Kier alpha value is -2.45. The zero-order chi connectivity index (χ0) is 19.4. The Labute approximate surface area is 152 Å². The fourth-order valence-electron chi connectivity index (χ4n) is 2.26. The third-order valence-corrected chi connectivity index (χ3v) is 5.34. The molecule has 0 unspecified atom stereocenters. The molecule has 0 atom stereocenters. The van der Waals surface area contributed by atoms with Crippen LogP contribution in [0.2, 0.25) is 0 Å². The molecule has 2 aromatic carbocycles. The van der Waals surface area contributed by atoms with E-state index in [1.165, 1.54) is 37.4 Å². The first-order valence-electron chi connectivity index (χ1n) is 7.74. The number of nitrogens with one attached hydrogen (secondary N) is 1. The molecule has 2 rings (SSSR count). The van der Waals surface area contributed by atoms with E-state index in [0.29, 0.717) is 5.56 Å². The lowest BCUT2D eigenvalue weighted by molar-refractivity contribution is -0.142. The van der Waals surface area contributed by atoms with Crippen molar-refractivity contribution in [3.8, 4) is 5.75 Å². The topological polar surface area (TPSA) is 81.7 Å². The summed E-state index contributed by atoms with van der Waals surface area (Å²) in [6.07, 6.45) is 0. The Kier molecular flexibility index (Phi) is 5.99. The van der Waals surface area contributed by atoms with E-state index in [2.05, 4.69) is 9.46 Å². The summed E-state index contributed by atoms with van der Waals surface area (Å²) in [5.41, 5.74) is -0.670. The van der Waals surface area contributed by atoms with Crippen LogP contribution in [0.25, 0.3) is 0 Å². The van der Waals surface area contributed by atoms with Crippen LogP contribution >= 0.6 is 0 Å². The Balaban J connectivity index is 2.21. The molecule has 0 saturated carbocycles. The Morgan fingerprint density at radius 2 is 1.81 bits per heavy atom. The van der Waals surface area contributed by atoms with Gasteiger partial charge in [-0.1, -0.05) is 24.3 Å². The standard InChI is InChI=1S/C18H20FNO5S/c1-18(2,20-26(22,23)14-7-5-4-6-8-14)13-9-10-16(15(19)11-13)25-12-17(21)24-3/h4-11,20H,12H2,1-3H3. The highest BCUT2D eigenvalue weighted by molar-refractivity contribution is 7.89. The fourth-order valence-corrected chi connectivity index (χ4v) is 3.68. The summed E-state index contributed by atoms with van der Waals surface area (Å²) in [6.45, 7) is 2.82. The highest BCUT2D eigenvalue weighted by Crippen LogP contribution is 2.27. The van der Waals surface area contributed by atoms with E-state index < -0.39 is 34.0 Å². The second kappa shape index (κ2) is 7.84. The minimum Gasteiger partial charge on any atom is -0.479 e. The predicted octanol–water partition coefficient (Wildman–Crippen LogP) is 2.59. The first-order valence-corrected chi connectivity index (χ1v) is 9.23. The third-order valence-electron chi connectivity index (χ3n) is 3.67. The summed E-state index contributed by atoms with van der Waals surface area (Å²) in [6, 6.07) is 11.9. The number of ether oxygens (including phenoxy) is 2. The maximum Gasteiger partial charge on any atom is 0.343 e. The molecule has 0 aliphatic heterocycles. The van der Waals surface area contributed by atoms with Crippen LogP contribution in [0.3, 0.4) is 0 Å². The molecule has 0 amide bonds. The molecular formula is C18H20FNO5S. The molecule has 0 heterocycles. The Morgan fingerprint density at radius 1 is 1.15 bits per heavy atom. The lowest BCUT2D eigenvalue weighted by atomic mass is 9.95. The molecule has 0 radical (unpaired) electrons. The number of hydrogen-bond acceptors (Lipinski definition) is 5. The van der Waals surface area contributed by atoms with Crippen molar-refractivity contribution in [1.82, 2.24) is 4.72 Å². The van der Waals surface area contributed by atoms with Crippen LogP contribution in [0.1, 0.15) is 19.4 Å². The van der Waals surface area contributed by atoms with Crippen LogP contribution in [-0.4, -0.2) is 28.1 Å². The molecule has 0 saturated heterocycles. The Bertz CT molecular complexity index is 882. The average molecular weight is 381 g/mol. The molecule has 140 valence electrons. The number of carbonyl (C=O) groups excluding carboxylic acids is 1. The summed E-state index contributed by atoms with van der Waals surface area (Å²) in [4.78, 5) is 11.2. The van der Waals surface area contributed by atoms with Crippen LogP contribution in [0.15, 0.2) is 53.4 Å². The van der Waals surface area contributed by atoms with E-state index in [-0.39, 0.29) is 10.6 Å². The smallest absolute Gasteiger partial charge is 0.343 e. The summed E-state index contributed by atoms with van der Waals surface area (Å²) >= 11 is 0. The number of carbonyl (C=O) groups is 1. The van der Waals surface area contributed by atoms with Crippen LogP contribution in [0.4, 0.5) is 4.39 Å². The number of halogens is 1. The van der Waals surface area contributed by atoms with Gasteiger partial charge in [0.2, 0.25) is 10.0 Å². The van der Waals surface area contributed by atoms with Crippen molar-refractivity contribution in [3.05, 3.63) is 59.9 Å². The monoisotopic (exact) mass is 381 g/mol. The van der Waals surface area contributed by atoms with Gasteiger partial charge in [0.05, 0.1) is 17.5 Å². The molecule has 8 heteroatoms. The van der Waals surface area contributed by atoms with Crippen LogP contribution in [-0.2, 0) is 25.1 Å². The molecule has 0 aromatic heterocycles. The van der Waals surface area contributed by atoms with Crippen LogP contribution in [0.5, 0.6) is 5.75 Å². The second-order valence-corrected chi connectivity index (χ2v) is 7.74. The fraction of sp³-hybridized carbons (Fsp3) is 0.278. The van der Waals surface area contributed by atoms with Gasteiger partial charge in [0.15, 0.2) is 18.2 Å². The molecule has 0 fully saturated rings. The predicted molar refractivity (Wildman–Crippen MR) is 93.7 cm³/mol. The molecule has 0 spiro atoms.